The van der Waals surface area contributed by atoms with Crippen LogP contribution in [-0.2, 0) is 0 Å². The molecule has 22 heavy (non-hydrogen) atoms. The number of hydrogen-bond donors (Lipinski definition) is 1. The van der Waals surface area contributed by atoms with E-state index in [-0.39, 0.29) is 5.69 Å². The SMILES string of the molecule is Cc1ccc(N=Cc2ccc(O)c([N+](=O)[O-])c2)cc1[N+](=O)[O-]. The van der Waals surface area contributed by atoms with Gasteiger partial charge in [-0.05, 0) is 30.7 Å². The van der Waals surface area contributed by atoms with Crippen molar-refractivity contribution in [2.75, 3.05) is 0 Å². The normalized spacial score (nSPS) is 10.8. The summed E-state index contributed by atoms with van der Waals surface area (Å²) in [5, 5.41) is 30.9. The van der Waals surface area contributed by atoms with E-state index >= 15 is 0 Å². The Balaban J connectivity index is 2.33. The summed E-state index contributed by atoms with van der Waals surface area (Å²) in [6.07, 6.45) is 1.33. The van der Waals surface area contributed by atoms with E-state index in [0.29, 0.717) is 16.8 Å². The van der Waals surface area contributed by atoms with Crippen molar-refractivity contribution >= 4 is 23.3 Å². The Bertz CT molecular complexity index is 721. The van der Waals surface area contributed by atoms with Gasteiger partial charge in [0.05, 0.1) is 15.5 Å². The zero-order chi connectivity index (χ0) is 16.3. The summed E-state index contributed by atoms with van der Waals surface area (Å²) in [6, 6.07) is 8.31. The smallest absolute Gasteiger partial charge is 0.311 e. The van der Waals surface area contributed by atoms with Gasteiger partial charge in [-0.1, -0.05) is 6.07 Å². The van der Waals surface area contributed by atoms with Crippen LogP contribution in [0.4, 0.5) is 17.1 Å². The molecule has 0 aliphatic carbocycles. The fourth-order valence-corrected chi connectivity index (χ4v) is 1.79. The van der Waals surface area contributed by atoms with Gasteiger partial charge in [0.2, 0.25) is 0 Å². The van der Waals surface area contributed by atoms with Crippen LogP contribution in [0.15, 0.2) is 41.4 Å². The number of rotatable bonds is 4. The number of nitro groups is 2. The Hall–Kier alpha value is -3.29. The highest BCUT2D eigenvalue weighted by Crippen LogP contribution is 2.27. The molecule has 8 heteroatoms. The van der Waals surface area contributed by atoms with E-state index in [4.69, 9.17) is 0 Å². The largest absolute Gasteiger partial charge is 0.502 e. The van der Waals surface area contributed by atoms with Crippen molar-refractivity contribution in [1.29, 1.82) is 0 Å². The number of hydrogen-bond acceptors (Lipinski definition) is 6. The number of nitrogens with zero attached hydrogens (tertiary/aromatic N) is 3. The van der Waals surface area contributed by atoms with Gasteiger partial charge in [0.25, 0.3) is 5.69 Å². The third-order valence-corrected chi connectivity index (χ3v) is 2.95. The van der Waals surface area contributed by atoms with Crippen molar-refractivity contribution in [1.82, 2.24) is 0 Å². The molecule has 0 aliphatic rings. The second kappa shape index (κ2) is 6.00. The van der Waals surface area contributed by atoms with Crippen molar-refractivity contribution in [3.8, 4) is 5.75 Å². The Kier molecular flexibility index (Phi) is 4.12. The minimum atomic E-state index is -0.705. The molecule has 2 aromatic carbocycles. The zero-order valence-electron chi connectivity index (χ0n) is 11.5. The maximum atomic E-state index is 10.9. The fourth-order valence-electron chi connectivity index (χ4n) is 1.79. The lowest BCUT2D eigenvalue weighted by molar-refractivity contribution is -0.385. The van der Waals surface area contributed by atoms with Gasteiger partial charge in [-0.3, -0.25) is 25.2 Å². The molecular weight excluding hydrogens is 290 g/mol. The first kappa shape index (κ1) is 15.1. The molecule has 0 bridgehead atoms. The molecule has 0 saturated carbocycles. The van der Waals surface area contributed by atoms with Crippen molar-refractivity contribution in [3.05, 3.63) is 67.8 Å². The Morgan fingerprint density at radius 1 is 1.05 bits per heavy atom. The number of aromatic hydroxyl groups is 1. The lowest BCUT2D eigenvalue weighted by Gasteiger charge is -1.99. The summed E-state index contributed by atoms with van der Waals surface area (Å²) in [5.74, 6) is -0.437. The van der Waals surface area contributed by atoms with Crippen LogP contribution in [0.2, 0.25) is 0 Å². The quantitative estimate of drug-likeness (QED) is 0.528. The first-order valence-electron chi connectivity index (χ1n) is 6.15. The van der Waals surface area contributed by atoms with E-state index in [2.05, 4.69) is 4.99 Å². The van der Waals surface area contributed by atoms with E-state index in [9.17, 15) is 25.3 Å². The van der Waals surface area contributed by atoms with E-state index in [1.165, 1.54) is 30.5 Å². The monoisotopic (exact) mass is 301 g/mol. The summed E-state index contributed by atoms with van der Waals surface area (Å²) < 4.78 is 0. The molecule has 0 fully saturated rings. The van der Waals surface area contributed by atoms with Crippen LogP contribution in [0.1, 0.15) is 11.1 Å². The van der Waals surface area contributed by atoms with E-state index in [1.807, 2.05) is 0 Å². The topological polar surface area (TPSA) is 119 Å². The molecule has 0 amide bonds. The average molecular weight is 301 g/mol. The molecule has 0 aromatic heterocycles. The van der Waals surface area contributed by atoms with Gasteiger partial charge in [-0.25, -0.2) is 0 Å². The van der Waals surface area contributed by atoms with Gasteiger partial charge in [-0.15, -0.1) is 0 Å². The highest BCUT2D eigenvalue weighted by molar-refractivity contribution is 5.83. The fraction of sp³-hybridized carbons (Fsp3) is 0.0714. The highest BCUT2D eigenvalue weighted by atomic mass is 16.6. The molecule has 112 valence electrons. The van der Waals surface area contributed by atoms with Gasteiger partial charge in [0.1, 0.15) is 0 Å². The van der Waals surface area contributed by atoms with Crippen LogP contribution in [0.3, 0.4) is 0 Å². The van der Waals surface area contributed by atoms with Crippen LogP contribution in [0.5, 0.6) is 5.75 Å². The number of aliphatic imine (C=N–C) groups is 1. The number of phenolic OH excluding ortho intramolecular Hbond substituents is 1. The molecule has 8 nitrogen and oxygen atoms in total. The lowest BCUT2D eigenvalue weighted by atomic mass is 10.2. The first-order valence-corrected chi connectivity index (χ1v) is 6.15. The Labute approximate surface area is 124 Å². The van der Waals surface area contributed by atoms with Crippen LogP contribution >= 0.6 is 0 Å². The third-order valence-electron chi connectivity index (χ3n) is 2.95. The zero-order valence-corrected chi connectivity index (χ0v) is 11.5. The number of phenols is 1. The van der Waals surface area contributed by atoms with E-state index < -0.39 is 21.3 Å². The van der Waals surface area contributed by atoms with Crippen molar-refractivity contribution in [2.24, 2.45) is 4.99 Å². The average Bonchev–Trinajstić information content (AvgIpc) is 2.47. The molecular formula is C14H11N3O5. The second-order valence-corrected chi connectivity index (χ2v) is 4.49. The third kappa shape index (κ3) is 3.23. The Morgan fingerprint density at radius 2 is 1.73 bits per heavy atom. The highest BCUT2D eigenvalue weighted by Gasteiger charge is 2.13. The minimum Gasteiger partial charge on any atom is -0.502 e. The predicted molar refractivity (Wildman–Crippen MR) is 79.8 cm³/mol. The maximum absolute atomic E-state index is 10.9. The van der Waals surface area contributed by atoms with Gasteiger partial charge in [-0.2, -0.15) is 0 Å². The second-order valence-electron chi connectivity index (χ2n) is 4.49. The van der Waals surface area contributed by atoms with Gasteiger partial charge in [0.15, 0.2) is 5.75 Å². The molecule has 0 heterocycles. The lowest BCUT2D eigenvalue weighted by Crippen LogP contribution is -1.91. The molecule has 0 spiro atoms. The molecule has 1 N–H and O–H groups in total. The number of aryl methyl sites for hydroxylation is 1. The number of benzene rings is 2. The Morgan fingerprint density at radius 3 is 2.36 bits per heavy atom. The number of nitro benzene ring substituents is 2. The van der Waals surface area contributed by atoms with Crippen molar-refractivity contribution in [3.63, 3.8) is 0 Å². The summed E-state index contributed by atoms with van der Waals surface area (Å²) in [6.45, 7) is 1.62. The summed E-state index contributed by atoms with van der Waals surface area (Å²) in [5.41, 5.74) is 0.787. The van der Waals surface area contributed by atoms with Gasteiger partial charge in [0, 0.05) is 23.9 Å². The van der Waals surface area contributed by atoms with Crippen LogP contribution in [-0.4, -0.2) is 21.2 Å². The minimum absolute atomic E-state index is 0.0497. The standard InChI is InChI=1S/C14H11N3O5/c1-9-2-4-11(7-12(9)16(19)20)15-8-10-3-5-14(18)13(6-10)17(21)22/h2-8,18H,1H3. The van der Waals surface area contributed by atoms with Gasteiger partial charge >= 0.3 is 5.69 Å². The molecule has 0 aliphatic heterocycles. The first-order chi connectivity index (χ1) is 10.4. The summed E-state index contributed by atoms with van der Waals surface area (Å²) in [4.78, 5) is 24.4. The van der Waals surface area contributed by atoms with Crippen molar-refractivity contribution < 1.29 is 15.0 Å². The molecule has 0 unspecified atom stereocenters. The van der Waals surface area contributed by atoms with Crippen LogP contribution in [0, 0.1) is 27.2 Å². The van der Waals surface area contributed by atoms with Gasteiger partial charge < -0.3 is 5.11 Å². The van der Waals surface area contributed by atoms with E-state index in [0.717, 1.165) is 0 Å². The van der Waals surface area contributed by atoms with Crippen LogP contribution in [0.25, 0.3) is 0 Å². The van der Waals surface area contributed by atoms with Crippen LogP contribution < -0.4 is 0 Å². The predicted octanol–water partition coefficient (Wildman–Crippen LogP) is 3.27. The summed E-state index contributed by atoms with van der Waals surface area (Å²) in [7, 11) is 0. The molecule has 2 aromatic rings. The maximum Gasteiger partial charge on any atom is 0.311 e. The van der Waals surface area contributed by atoms with Crippen molar-refractivity contribution in [2.45, 2.75) is 6.92 Å². The summed E-state index contributed by atoms with van der Waals surface area (Å²) >= 11 is 0. The molecule has 2 rings (SSSR count). The molecule has 0 atom stereocenters. The van der Waals surface area contributed by atoms with E-state index in [1.54, 1.807) is 19.1 Å². The molecule has 0 saturated heterocycles. The molecule has 0 radical (unpaired) electrons.